The van der Waals surface area contributed by atoms with Gasteiger partial charge in [0.25, 0.3) is 0 Å². The summed E-state index contributed by atoms with van der Waals surface area (Å²) in [4.78, 5) is 6.90. The molecule has 1 unspecified atom stereocenters. The van der Waals surface area contributed by atoms with Crippen LogP contribution in [0, 0.1) is 0 Å². The van der Waals surface area contributed by atoms with E-state index in [0.29, 0.717) is 6.04 Å². The van der Waals surface area contributed by atoms with Crippen LogP contribution in [0.2, 0.25) is 0 Å². The van der Waals surface area contributed by atoms with Crippen molar-refractivity contribution in [3.05, 3.63) is 42.1 Å². The molecule has 1 aliphatic heterocycles. The summed E-state index contributed by atoms with van der Waals surface area (Å²) in [6.07, 6.45) is 1.85. The van der Waals surface area contributed by atoms with Crippen LogP contribution >= 0.6 is 12.4 Å². The molecule has 1 fully saturated rings. The zero-order chi connectivity index (χ0) is 12.4. The van der Waals surface area contributed by atoms with Crippen molar-refractivity contribution in [3.63, 3.8) is 0 Å². The van der Waals surface area contributed by atoms with Crippen molar-refractivity contribution in [2.24, 2.45) is 0 Å². The predicted octanol–water partition coefficient (Wildman–Crippen LogP) is 2.45. The number of pyridine rings is 1. The van der Waals surface area contributed by atoms with Crippen molar-refractivity contribution in [3.8, 4) is 0 Å². The molecule has 0 radical (unpaired) electrons. The zero-order valence-electron chi connectivity index (χ0n) is 11.2. The molecule has 1 N–H and O–H groups in total. The Kier molecular flexibility index (Phi) is 4.75. The van der Waals surface area contributed by atoms with Gasteiger partial charge in [-0.1, -0.05) is 12.1 Å². The van der Waals surface area contributed by atoms with Crippen molar-refractivity contribution in [2.75, 3.05) is 19.6 Å². The van der Waals surface area contributed by atoms with E-state index in [9.17, 15) is 0 Å². The van der Waals surface area contributed by atoms with Crippen molar-refractivity contribution in [1.82, 2.24) is 15.2 Å². The molecule has 0 spiro atoms. The fourth-order valence-corrected chi connectivity index (χ4v) is 2.58. The Morgan fingerprint density at radius 2 is 2.26 bits per heavy atom. The van der Waals surface area contributed by atoms with Crippen molar-refractivity contribution in [2.45, 2.75) is 19.5 Å². The van der Waals surface area contributed by atoms with Gasteiger partial charge in [-0.3, -0.25) is 9.88 Å². The second-order valence-corrected chi connectivity index (χ2v) is 5.05. The van der Waals surface area contributed by atoms with E-state index < -0.39 is 0 Å². The lowest BCUT2D eigenvalue weighted by molar-refractivity contribution is 0.165. The number of fused-ring (bicyclic) bond motifs is 1. The molecular weight excluding hydrogens is 258 g/mol. The monoisotopic (exact) mass is 277 g/mol. The number of piperazine rings is 1. The van der Waals surface area contributed by atoms with E-state index in [4.69, 9.17) is 0 Å². The molecule has 1 saturated heterocycles. The first-order valence-corrected chi connectivity index (χ1v) is 6.61. The van der Waals surface area contributed by atoms with Crippen LogP contribution in [0.25, 0.3) is 10.9 Å². The van der Waals surface area contributed by atoms with Crippen molar-refractivity contribution < 1.29 is 0 Å². The van der Waals surface area contributed by atoms with Gasteiger partial charge in [0, 0.05) is 43.8 Å². The summed E-state index contributed by atoms with van der Waals surface area (Å²) in [6, 6.07) is 11.3. The maximum atomic E-state index is 4.36. The molecular formula is C15H20ClN3. The minimum Gasteiger partial charge on any atom is -0.314 e. The van der Waals surface area contributed by atoms with Gasteiger partial charge in [0.05, 0.1) is 5.52 Å². The van der Waals surface area contributed by atoms with Crippen LogP contribution in [0.15, 0.2) is 36.5 Å². The molecule has 0 aliphatic carbocycles. The van der Waals surface area contributed by atoms with Gasteiger partial charge in [-0.25, -0.2) is 0 Å². The number of nitrogens with one attached hydrogen (secondary N) is 1. The third-order valence-corrected chi connectivity index (χ3v) is 3.69. The molecule has 1 aromatic heterocycles. The summed E-state index contributed by atoms with van der Waals surface area (Å²) in [5.41, 5.74) is 2.46. The Morgan fingerprint density at radius 1 is 1.37 bits per heavy atom. The third kappa shape index (κ3) is 3.24. The van der Waals surface area contributed by atoms with Gasteiger partial charge in [0.2, 0.25) is 0 Å². The highest BCUT2D eigenvalue weighted by Crippen LogP contribution is 2.16. The molecule has 1 aromatic carbocycles. The van der Waals surface area contributed by atoms with Crippen LogP contribution in [-0.4, -0.2) is 35.6 Å². The van der Waals surface area contributed by atoms with E-state index in [1.54, 1.807) is 0 Å². The maximum absolute atomic E-state index is 4.36. The van der Waals surface area contributed by atoms with Crippen LogP contribution in [0.3, 0.4) is 0 Å². The van der Waals surface area contributed by atoms with Crippen molar-refractivity contribution >= 4 is 23.3 Å². The smallest absolute Gasteiger partial charge is 0.0702 e. The van der Waals surface area contributed by atoms with Crippen LogP contribution < -0.4 is 5.32 Å². The zero-order valence-corrected chi connectivity index (χ0v) is 12.0. The number of halogens is 1. The molecule has 3 nitrogen and oxygen atoms in total. The lowest BCUT2D eigenvalue weighted by Crippen LogP contribution is -2.49. The van der Waals surface area contributed by atoms with E-state index in [1.165, 1.54) is 10.9 Å². The number of hydrogen-bond donors (Lipinski definition) is 1. The molecule has 1 atom stereocenters. The molecule has 4 heteroatoms. The summed E-state index contributed by atoms with van der Waals surface area (Å²) < 4.78 is 0. The predicted molar refractivity (Wildman–Crippen MR) is 81.7 cm³/mol. The molecule has 0 amide bonds. The second kappa shape index (κ2) is 6.33. The van der Waals surface area contributed by atoms with E-state index >= 15 is 0 Å². The first-order valence-electron chi connectivity index (χ1n) is 6.61. The Labute approximate surface area is 120 Å². The quantitative estimate of drug-likeness (QED) is 0.914. The molecule has 3 rings (SSSR count). The average molecular weight is 278 g/mol. The molecule has 2 aromatic rings. The van der Waals surface area contributed by atoms with Gasteiger partial charge in [-0.15, -0.1) is 12.4 Å². The molecule has 2 heterocycles. The Morgan fingerprint density at radius 3 is 3.11 bits per heavy atom. The van der Waals surface area contributed by atoms with E-state index in [2.05, 4.69) is 46.4 Å². The Bertz CT molecular complexity index is 544. The van der Waals surface area contributed by atoms with Gasteiger partial charge in [-0.05, 0) is 30.7 Å². The number of hydrogen-bond acceptors (Lipinski definition) is 3. The standard InChI is InChI=1S/C15H19N3.ClH/c1-12-10-16-7-8-18(12)11-13-4-5-15-14(9-13)3-2-6-17-15;/h2-6,9,12,16H,7-8,10-11H2,1H3;1H. The number of nitrogens with zero attached hydrogens (tertiary/aromatic N) is 2. The summed E-state index contributed by atoms with van der Waals surface area (Å²) in [7, 11) is 0. The first-order chi connectivity index (χ1) is 8.83. The highest BCUT2D eigenvalue weighted by molar-refractivity contribution is 5.85. The van der Waals surface area contributed by atoms with E-state index in [0.717, 1.165) is 31.7 Å². The minimum atomic E-state index is 0. The molecule has 0 bridgehead atoms. The summed E-state index contributed by atoms with van der Waals surface area (Å²) in [5, 5.41) is 4.66. The summed E-state index contributed by atoms with van der Waals surface area (Å²) >= 11 is 0. The Balaban J connectivity index is 0.00000133. The number of benzene rings is 1. The average Bonchev–Trinajstić information content (AvgIpc) is 2.41. The Hall–Kier alpha value is -1.16. The fourth-order valence-electron chi connectivity index (χ4n) is 2.58. The largest absolute Gasteiger partial charge is 0.314 e. The molecule has 102 valence electrons. The lowest BCUT2D eigenvalue weighted by atomic mass is 10.1. The van der Waals surface area contributed by atoms with Gasteiger partial charge >= 0.3 is 0 Å². The third-order valence-electron chi connectivity index (χ3n) is 3.69. The topological polar surface area (TPSA) is 28.2 Å². The van der Waals surface area contributed by atoms with Crippen LogP contribution in [0.5, 0.6) is 0 Å². The van der Waals surface area contributed by atoms with Gasteiger partial charge in [0.15, 0.2) is 0 Å². The highest BCUT2D eigenvalue weighted by Gasteiger charge is 2.17. The second-order valence-electron chi connectivity index (χ2n) is 5.05. The molecule has 1 aliphatic rings. The number of aromatic nitrogens is 1. The summed E-state index contributed by atoms with van der Waals surface area (Å²) in [5.74, 6) is 0. The van der Waals surface area contributed by atoms with Gasteiger partial charge < -0.3 is 5.32 Å². The SMILES string of the molecule is CC1CNCCN1Cc1ccc2ncccc2c1.Cl. The van der Waals surface area contributed by atoms with Crippen molar-refractivity contribution in [1.29, 1.82) is 0 Å². The number of rotatable bonds is 2. The lowest BCUT2D eigenvalue weighted by Gasteiger charge is -2.33. The van der Waals surface area contributed by atoms with Gasteiger partial charge in [-0.2, -0.15) is 0 Å². The van der Waals surface area contributed by atoms with Crippen LogP contribution in [0.1, 0.15) is 12.5 Å². The van der Waals surface area contributed by atoms with E-state index in [1.807, 2.05) is 12.3 Å². The molecule has 0 saturated carbocycles. The summed E-state index contributed by atoms with van der Waals surface area (Å²) in [6.45, 7) is 6.64. The van der Waals surface area contributed by atoms with E-state index in [-0.39, 0.29) is 12.4 Å². The van der Waals surface area contributed by atoms with Crippen LogP contribution in [0.4, 0.5) is 0 Å². The minimum absolute atomic E-state index is 0. The fraction of sp³-hybridized carbons (Fsp3) is 0.400. The maximum Gasteiger partial charge on any atom is 0.0702 e. The first kappa shape index (κ1) is 14.3. The van der Waals surface area contributed by atoms with Crippen LogP contribution in [-0.2, 0) is 6.54 Å². The van der Waals surface area contributed by atoms with Gasteiger partial charge in [0.1, 0.15) is 0 Å². The molecule has 19 heavy (non-hydrogen) atoms. The normalized spacial score (nSPS) is 20.2. The highest BCUT2D eigenvalue weighted by atomic mass is 35.5.